The van der Waals surface area contributed by atoms with Crippen LogP contribution in [0, 0.1) is 0 Å². The zero-order chi connectivity index (χ0) is 23.3. The van der Waals surface area contributed by atoms with Crippen molar-refractivity contribution in [3.05, 3.63) is 113 Å². The Morgan fingerprint density at radius 2 is 1.65 bits per heavy atom. The van der Waals surface area contributed by atoms with Gasteiger partial charge in [0.1, 0.15) is 17.9 Å². The predicted molar refractivity (Wildman–Crippen MR) is 127 cm³/mol. The highest BCUT2D eigenvalue weighted by Gasteiger charge is 2.15. The third kappa shape index (κ3) is 4.73. The summed E-state index contributed by atoms with van der Waals surface area (Å²) in [5.74, 6) is -0.123. The Morgan fingerprint density at radius 1 is 0.912 bits per heavy atom. The molecule has 0 saturated carbocycles. The zero-order valence-corrected chi connectivity index (χ0v) is 18.1. The number of benzene rings is 3. The largest absolute Gasteiger partial charge is 0.482 e. The first-order valence-corrected chi connectivity index (χ1v) is 10.7. The average Bonchev–Trinajstić information content (AvgIpc) is 3.31. The standard InChI is InChI=1S/C27H20N2O5/c30-25-14-12-19-11-13-23(15-24(19)34-25)32-18-26(31)33-17-21-16-29(22-9-5-2-6-10-22)28-27(21)20-7-3-1-4-8-20/h1-16H,17-18H2. The number of ether oxygens (including phenoxy) is 2. The second-order valence-electron chi connectivity index (χ2n) is 7.55. The minimum absolute atomic E-state index is 0.0475. The molecule has 0 aliphatic carbocycles. The van der Waals surface area contributed by atoms with Crippen molar-refractivity contribution in [3.8, 4) is 22.7 Å². The van der Waals surface area contributed by atoms with E-state index in [1.165, 1.54) is 6.07 Å². The summed E-state index contributed by atoms with van der Waals surface area (Å²) in [4.78, 5) is 23.8. The highest BCUT2D eigenvalue weighted by Crippen LogP contribution is 2.24. The van der Waals surface area contributed by atoms with Crippen molar-refractivity contribution in [1.82, 2.24) is 9.78 Å². The summed E-state index contributed by atoms with van der Waals surface area (Å²) in [7, 11) is 0. The smallest absolute Gasteiger partial charge is 0.344 e. The molecule has 0 bridgehead atoms. The number of aromatic nitrogens is 2. The maximum absolute atomic E-state index is 12.4. The second kappa shape index (κ2) is 9.46. The van der Waals surface area contributed by atoms with Crippen molar-refractivity contribution in [1.29, 1.82) is 0 Å². The lowest BCUT2D eigenvalue weighted by molar-refractivity contribution is -0.147. The Kier molecular flexibility index (Phi) is 5.90. The molecule has 0 spiro atoms. The van der Waals surface area contributed by atoms with Gasteiger partial charge in [-0.15, -0.1) is 0 Å². The highest BCUT2D eigenvalue weighted by atomic mass is 16.6. The molecule has 0 saturated heterocycles. The molecule has 5 rings (SSSR count). The Hall–Kier alpha value is -4.65. The SMILES string of the molecule is O=C(COc1ccc2ccc(=O)oc2c1)OCc1cn(-c2ccccc2)nc1-c1ccccc1. The molecule has 5 aromatic rings. The van der Waals surface area contributed by atoms with Crippen LogP contribution in [0.15, 0.2) is 106 Å². The Bertz CT molecular complexity index is 1490. The first kappa shape index (κ1) is 21.2. The molecule has 0 unspecified atom stereocenters. The molecule has 7 nitrogen and oxygen atoms in total. The van der Waals surface area contributed by atoms with E-state index in [0.717, 1.165) is 27.9 Å². The minimum atomic E-state index is -0.527. The van der Waals surface area contributed by atoms with Crippen LogP contribution in [-0.4, -0.2) is 22.4 Å². The summed E-state index contributed by atoms with van der Waals surface area (Å²) in [6, 6.07) is 27.5. The van der Waals surface area contributed by atoms with E-state index in [4.69, 9.17) is 19.0 Å². The molecule has 0 N–H and O–H groups in total. The summed E-state index contributed by atoms with van der Waals surface area (Å²) in [5.41, 5.74) is 3.29. The minimum Gasteiger partial charge on any atom is -0.482 e. The molecule has 2 aromatic heterocycles. The van der Waals surface area contributed by atoms with Gasteiger partial charge in [-0.2, -0.15) is 5.10 Å². The highest BCUT2D eigenvalue weighted by molar-refractivity contribution is 5.78. The van der Waals surface area contributed by atoms with E-state index in [9.17, 15) is 9.59 Å². The fourth-order valence-corrected chi connectivity index (χ4v) is 3.54. The van der Waals surface area contributed by atoms with Crippen LogP contribution < -0.4 is 10.4 Å². The van der Waals surface area contributed by atoms with Crippen molar-refractivity contribution in [2.75, 3.05) is 6.61 Å². The number of carbonyl (C=O) groups is 1. The van der Waals surface area contributed by atoms with Gasteiger partial charge < -0.3 is 13.9 Å². The number of nitrogens with zero attached hydrogens (tertiary/aromatic N) is 2. The van der Waals surface area contributed by atoms with Crippen molar-refractivity contribution >= 4 is 16.9 Å². The molecule has 0 aliphatic rings. The summed E-state index contributed by atoms with van der Waals surface area (Å²) in [6.07, 6.45) is 1.86. The summed E-state index contributed by atoms with van der Waals surface area (Å²) < 4.78 is 17.9. The number of carbonyl (C=O) groups excluding carboxylic acids is 1. The van der Waals surface area contributed by atoms with Crippen LogP contribution >= 0.6 is 0 Å². The average molecular weight is 452 g/mol. The van der Waals surface area contributed by atoms with Gasteiger partial charge in [-0.3, -0.25) is 0 Å². The zero-order valence-electron chi connectivity index (χ0n) is 18.1. The maximum Gasteiger partial charge on any atom is 0.344 e. The Labute approximate surface area is 194 Å². The molecule has 2 heterocycles. The van der Waals surface area contributed by atoms with Gasteiger partial charge in [0.25, 0.3) is 0 Å². The monoisotopic (exact) mass is 452 g/mol. The molecule has 168 valence electrons. The summed E-state index contributed by atoms with van der Waals surface area (Å²) >= 11 is 0. The topological polar surface area (TPSA) is 83.6 Å². The molecule has 0 radical (unpaired) electrons. The van der Waals surface area contributed by atoms with E-state index >= 15 is 0 Å². The first-order valence-electron chi connectivity index (χ1n) is 10.7. The Morgan fingerprint density at radius 3 is 2.44 bits per heavy atom. The lowest BCUT2D eigenvalue weighted by atomic mass is 10.1. The summed E-state index contributed by atoms with van der Waals surface area (Å²) in [5, 5.41) is 5.48. The molecule has 0 atom stereocenters. The first-order chi connectivity index (χ1) is 16.7. The lowest BCUT2D eigenvalue weighted by Gasteiger charge is -2.08. The number of hydrogen-bond donors (Lipinski definition) is 0. The van der Waals surface area contributed by atoms with Crippen molar-refractivity contribution < 1.29 is 18.7 Å². The van der Waals surface area contributed by atoms with Crippen LogP contribution in [0.4, 0.5) is 0 Å². The van der Waals surface area contributed by atoms with Gasteiger partial charge in [0, 0.05) is 34.8 Å². The van der Waals surface area contributed by atoms with Crippen LogP contribution in [0.3, 0.4) is 0 Å². The van der Waals surface area contributed by atoms with Crippen molar-refractivity contribution in [2.45, 2.75) is 6.61 Å². The van der Waals surface area contributed by atoms with E-state index in [1.54, 1.807) is 28.9 Å². The molecule has 0 amide bonds. The third-order valence-electron chi connectivity index (χ3n) is 5.20. The number of para-hydroxylation sites is 1. The number of fused-ring (bicyclic) bond motifs is 1. The maximum atomic E-state index is 12.4. The molecule has 3 aromatic carbocycles. The molecule has 0 aliphatic heterocycles. The van der Waals surface area contributed by atoms with Crippen molar-refractivity contribution in [2.24, 2.45) is 0 Å². The van der Waals surface area contributed by atoms with E-state index in [2.05, 4.69) is 0 Å². The van der Waals surface area contributed by atoms with Gasteiger partial charge in [0.2, 0.25) is 0 Å². The quantitative estimate of drug-likeness (QED) is 0.261. The fourth-order valence-electron chi connectivity index (χ4n) is 3.54. The fraction of sp³-hybridized carbons (Fsp3) is 0.0741. The van der Waals surface area contributed by atoms with Crippen LogP contribution in [0.5, 0.6) is 5.75 Å². The van der Waals surface area contributed by atoms with Gasteiger partial charge >= 0.3 is 11.6 Å². The predicted octanol–water partition coefficient (Wildman–Crippen LogP) is 4.77. The van der Waals surface area contributed by atoms with Gasteiger partial charge in [-0.1, -0.05) is 48.5 Å². The lowest BCUT2D eigenvalue weighted by Crippen LogP contribution is -2.14. The van der Waals surface area contributed by atoms with Gasteiger partial charge in [0.05, 0.1) is 11.4 Å². The second-order valence-corrected chi connectivity index (χ2v) is 7.55. The molecular weight excluding hydrogens is 432 g/mol. The summed E-state index contributed by atoms with van der Waals surface area (Å²) in [6.45, 7) is -0.234. The molecule has 0 fully saturated rings. The molecular formula is C27H20N2O5. The Balaban J connectivity index is 1.29. The van der Waals surface area contributed by atoms with Crippen LogP contribution in [-0.2, 0) is 16.1 Å². The van der Waals surface area contributed by atoms with Crippen LogP contribution in [0.25, 0.3) is 27.9 Å². The van der Waals surface area contributed by atoms with E-state index in [0.29, 0.717) is 11.3 Å². The van der Waals surface area contributed by atoms with Crippen molar-refractivity contribution in [3.63, 3.8) is 0 Å². The van der Waals surface area contributed by atoms with Crippen LogP contribution in [0.2, 0.25) is 0 Å². The van der Waals surface area contributed by atoms with E-state index in [-0.39, 0.29) is 13.2 Å². The van der Waals surface area contributed by atoms with Crippen LogP contribution in [0.1, 0.15) is 5.56 Å². The normalized spacial score (nSPS) is 10.8. The van der Waals surface area contributed by atoms with Gasteiger partial charge in [-0.05, 0) is 30.3 Å². The van der Waals surface area contributed by atoms with E-state index < -0.39 is 11.6 Å². The van der Waals surface area contributed by atoms with Gasteiger partial charge in [0.15, 0.2) is 6.61 Å². The third-order valence-corrected chi connectivity index (χ3v) is 5.20. The molecule has 7 heteroatoms. The van der Waals surface area contributed by atoms with Gasteiger partial charge in [-0.25, -0.2) is 14.3 Å². The number of hydrogen-bond acceptors (Lipinski definition) is 6. The molecule has 34 heavy (non-hydrogen) atoms. The number of esters is 1. The number of rotatable bonds is 7. The van der Waals surface area contributed by atoms with E-state index in [1.807, 2.05) is 66.9 Å².